The summed E-state index contributed by atoms with van der Waals surface area (Å²) in [5.74, 6) is 3.23. The van der Waals surface area contributed by atoms with Crippen molar-refractivity contribution in [2.24, 2.45) is 0 Å². The molecule has 0 aliphatic rings. The maximum atomic E-state index is 14.1. The molecule has 7 rings (SSSR count). The molecule has 0 amide bonds. The van der Waals surface area contributed by atoms with Crippen molar-refractivity contribution in [2.45, 2.75) is 53.1 Å². The van der Waals surface area contributed by atoms with Gasteiger partial charge in [-0.3, -0.25) is 4.79 Å². The molecule has 0 aliphatic heterocycles. The number of benzene rings is 2. The summed E-state index contributed by atoms with van der Waals surface area (Å²) in [6.07, 6.45) is 7.66. The monoisotopic (exact) mass is 655 g/mol. The Balaban J connectivity index is 1.13. The van der Waals surface area contributed by atoms with E-state index in [0.29, 0.717) is 58.9 Å². The Morgan fingerprint density at radius 3 is 2.43 bits per heavy atom. The fraction of sp³-hybridized carbons (Fsp3) is 0.222. The van der Waals surface area contributed by atoms with Crippen LogP contribution in [0.4, 0.5) is 0 Å². The molecule has 49 heavy (non-hydrogen) atoms. The number of unbranched alkanes of at least 4 members (excludes halogenated alkanes) is 1. The summed E-state index contributed by atoms with van der Waals surface area (Å²) in [4.78, 5) is 32.5. The molecule has 0 aliphatic carbocycles. The van der Waals surface area contributed by atoms with Crippen molar-refractivity contribution in [1.29, 1.82) is 0 Å². The maximum absolute atomic E-state index is 14.1. The number of nitrogens with one attached hydrogen (secondary N) is 1. The van der Waals surface area contributed by atoms with E-state index in [1.165, 1.54) is 17.0 Å². The smallest absolute Gasteiger partial charge is 0.264 e. The summed E-state index contributed by atoms with van der Waals surface area (Å²) in [6.45, 7) is 5.89. The molecule has 0 atom stereocenters. The molecule has 0 radical (unpaired) electrons. The normalized spacial score (nSPS) is 11.2. The number of hydrogen-bond acceptors (Lipinski definition) is 11. The zero-order valence-corrected chi connectivity index (χ0v) is 27.3. The number of aryl methyl sites for hydroxylation is 3. The molecular weight excluding hydrogens is 622 g/mol. The van der Waals surface area contributed by atoms with Crippen LogP contribution in [0.15, 0.2) is 92.9 Å². The minimum absolute atomic E-state index is 0.150. The van der Waals surface area contributed by atoms with Gasteiger partial charge >= 0.3 is 0 Å². The lowest BCUT2D eigenvalue weighted by molar-refractivity contribution is 0.297. The van der Waals surface area contributed by atoms with Crippen molar-refractivity contribution in [1.82, 2.24) is 45.1 Å². The Morgan fingerprint density at radius 1 is 0.918 bits per heavy atom. The SMILES string of the molecule is CCCCc1nc(C)n(-c2ncc(OCc3nc(-c4ccco4)oc3C)cn2)c(=O)c1Cc1ccc(-c2ccccc2-c2nn[nH]n2)cc1. The van der Waals surface area contributed by atoms with E-state index in [1.54, 1.807) is 25.3 Å². The molecule has 0 saturated heterocycles. The molecule has 0 saturated carbocycles. The van der Waals surface area contributed by atoms with Gasteiger partial charge in [0.15, 0.2) is 11.5 Å². The molecular formula is C36H33N9O4. The molecule has 246 valence electrons. The Hall–Kier alpha value is -6.24. The summed E-state index contributed by atoms with van der Waals surface area (Å²) >= 11 is 0. The molecule has 5 aromatic heterocycles. The van der Waals surface area contributed by atoms with Crippen molar-refractivity contribution in [3.05, 3.63) is 124 Å². The van der Waals surface area contributed by atoms with Gasteiger partial charge in [-0.05, 0) is 60.7 Å². The number of oxazole rings is 1. The van der Waals surface area contributed by atoms with E-state index in [4.69, 9.17) is 18.6 Å². The number of hydrogen-bond donors (Lipinski definition) is 1. The Labute approximate surface area is 281 Å². The highest BCUT2D eigenvalue weighted by Crippen LogP contribution is 2.30. The summed E-state index contributed by atoms with van der Waals surface area (Å²) in [5, 5.41) is 14.5. The standard InChI is InChI=1S/C36H33N9O4/c1-4-5-11-30-29(18-24-13-15-25(16-14-24)27-9-6-7-10-28(27)33-41-43-44-42-33)35(46)45(23(3)39-30)36-37-19-26(20-38-36)48-21-31-22(2)49-34(40-31)32-12-8-17-47-32/h6-10,12-17,19-20H,4-5,11,18,21H2,1-3H3,(H,41,42,43,44). The quantitative estimate of drug-likeness (QED) is 0.158. The number of furan rings is 1. The fourth-order valence-corrected chi connectivity index (χ4v) is 5.61. The highest BCUT2D eigenvalue weighted by Gasteiger charge is 2.19. The molecule has 0 fully saturated rings. The van der Waals surface area contributed by atoms with Gasteiger partial charge in [-0.15, -0.1) is 10.2 Å². The van der Waals surface area contributed by atoms with Crippen LogP contribution in [0.3, 0.4) is 0 Å². The molecule has 13 nitrogen and oxygen atoms in total. The fourth-order valence-electron chi connectivity index (χ4n) is 5.61. The zero-order valence-electron chi connectivity index (χ0n) is 27.3. The van der Waals surface area contributed by atoms with Gasteiger partial charge in [-0.2, -0.15) is 5.21 Å². The number of aromatic nitrogens is 9. The molecule has 13 heteroatoms. The van der Waals surface area contributed by atoms with Gasteiger partial charge in [0.05, 0.1) is 24.4 Å². The Bertz CT molecular complexity index is 2220. The highest BCUT2D eigenvalue weighted by molar-refractivity contribution is 5.80. The van der Waals surface area contributed by atoms with E-state index in [0.717, 1.165) is 40.8 Å². The predicted octanol–water partition coefficient (Wildman–Crippen LogP) is 6.25. The van der Waals surface area contributed by atoms with Crippen molar-refractivity contribution in [3.63, 3.8) is 0 Å². The van der Waals surface area contributed by atoms with Gasteiger partial charge in [0.2, 0.25) is 11.8 Å². The zero-order chi connectivity index (χ0) is 33.7. The lowest BCUT2D eigenvalue weighted by Gasteiger charge is -2.15. The molecule has 5 heterocycles. The first-order valence-corrected chi connectivity index (χ1v) is 16.0. The van der Waals surface area contributed by atoms with Gasteiger partial charge in [0, 0.05) is 17.5 Å². The molecule has 7 aromatic rings. The second-order valence-electron chi connectivity index (χ2n) is 11.5. The average molecular weight is 656 g/mol. The van der Waals surface area contributed by atoms with Crippen LogP contribution in [-0.2, 0) is 19.4 Å². The van der Waals surface area contributed by atoms with E-state index in [2.05, 4.69) is 42.5 Å². The van der Waals surface area contributed by atoms with Crippen molar-refractivity contribution < 1.29 is 13.6 Å². The van der Waals surface area contributed by atoms with Crippen LogP contribution in [0, 0.1) is 13.8 Å². The van der Waals surface area contributed by atoms with Gasteiger partial charge < -0.3 is 13.6 Å². The van der Waals surface area contributed by atoms with E-state index >= 15 is 0 Å². The lowest BCUT2D eigenvalue weighted by atomic mass is 9.96. The van der Waals surface area contributed by atoms with Crippen molar-refractivity contribution >= 4 is 0 Å². The minimum atomic E-state index is -0.192. The molecule has 0 spiro atoms. The third-order valence-corrected chi connectivity index (χ3v) is 8.17. The average Bonchev–Trinajstić information content (AvgIpc) is 3.92. The number of tetrazole rings is 1. The molecule has 0 bridgehead atoms. The van der Waals surface area contributed by atoms with Crippen molar-refractivity contribution in [3.8, 4) is 45.9 Å². The Morgan fingerprint density at radius 2 is 1.71 bits per heavy atom. The van der Waals surface area contributed by atoms with Gasteiger partial charge in [-0.25, -0.2) is 24.5 Å². The first kappa shape index (κ1) is 31.4. The second-order valence-corrected chi connectivity index (χ2v) is 11.5. The van der Waals surface area contributed by atoms with Crippen LogP contribution in [0.25, 0.3) is 40.1 Å². The van der Waals surface area contributed by atoms with Crippen LogP contribution in [-0.4, -0.2) is 45.1 Å². The van der Waals surface area contributed by atoms with Gasteiger partial charge in [-0.1, -0.05) is 61.9 Å². The number of aromatic amines is 1. The van der Waals surface area contributed by atoms with Gasteiger partial charge in [0.1, 0.15) is 23.9 Å². The van der Waals surface area contributed by atoms with Crippen LogP contribution < -0.4 is 10.3 Å². The maximum Gasteiger partial charge on any atom is 0.264 e. The van der Waals surface area contributed by atoms with E-state index in [1.807, 2.05) is 55.5 Å². The highest BCUT2D eigenvalue weighted by atomic mass is 16.5. The van der Waals surface area contributed by atoms with E-state index in [-0.39, 0.29) is 18.1 Å². The Kier molecular flexibility index (Phi) is 8.87. The summed E-state index contributed by atoms with van der Waals surface area (Å²) in [5.41, 5.74) is 5.70. The number of ether oxygens (including phenoxy) is 1. The number of rotatable bonds is 12. The van der Waals surface area contributed by atoms with E-state index in [9.17, 15) is 4.79 Å². The van der Waals surface area contributed by atoms with Crippen LogP contribution >= 0.6 is 0 Å². The summed E-state index contributed by atoms with van der Waals surface area (Å²) in [7, 11) is 0. The summed E-state index contributed by atoms with van der Waals surface area (Å²) in [6, 6.07) is 19.6. The number of nitrogens with zero attached hydrogens (tertiary/aromatic N) is 8. The molecule has 1 N–H and O–H groups in total. The van der Waals surface area contributed by atoms with Crippen LogP contribution in [0.5, 0.6) is 5.75 Å². The first-order chi connectivity index (χ1) is 24.0. The van der Waals surface area contributed by atoms with Crippen LogP contribution in [0.2, 0.25) is 0 Å². The molecule has 2 aromatic carbocycles. The third kappa shape index (κ3) is 6.63. The third-order valence-electron chi connectivity index (χ3n) is 8.17. The summed E-state index contributed by atoms with van der Waals surface area (Å²) < 4.78 is 18.4. The number of H-pyrrole nitrogens is 1. The van der Waals surface area contributed by atoms with Crippen LogP contribution in [0.1, 0.15) is 53.9 Å². The largest absolute Gasteiger partial charge is 0.484 e. The first-order valence-electron chi connectivity index (χ1n) is 16.0. The molecule has 0 unspecified atom stereocenters. The topological polar surface area (TPSA) is 164 Å². The van der Waals surface area contributed by atoms with Crippen molar-refractivity contribution in [2.75, 3.05) is 0 Å². The lowest BCUT2D eigenvalue weighted by Crippen LogP contribution is -2.29. The second kappa shape index (κ2) is 13.9. The minimum Gasteiger partial charge on any atom is -0.484 e. The van der Waals surface area contributed by atoms with E-state index < -0.39 is 0 Å². The van der Waals surface area contributed by atoms with Gasteiger partial charge in [0.25, 0.3) is 11.4 Å². The predicted molar refractivity (Wildman–Crippen MR) is 180 cm³/mol.